The lowest BCUT2D eigenvalue weighted by molar-refractivity contribution is -0.124. The average molecular weight is 423 g/mol. The molecule has 0 saturated carbocycles. The van der Waals surface area contributed by atoms with E-state index in [0.29, 0.717) is 30.2 Å². The molecule has 152 valence electrons. The Hall–Kier alpha value is -1.90. The lowest BCUT2D eigenvalue weighted by atomic mass is 10.1. The summed E-state index contributed by atoms with van der Waals surface area (Å²) in [4.78, 5) is 13.8. The number of ether oxygens (including phenoxy) is 1. The Balaban J connectivity index is 1.73. The number of hydrogen-bond donors (Lipinski definition) is 1. The second-order valence-electron chi connectivity index (χ2n) is 6.87. The molecule has 0 spiro atoms. The number of thiophene rings is 1. The van der Waals surface area contributed by atoms with Crippen LogP contribution < -0.4 is 10.1 Å². The number of nitrogens with one attached hydrogen (secondary N) is 1. The standard InChI is InChI=1S/C20H26N2O4S2/c1-4-26-17-8-5-7-16(13-17)15(3)21-20(23)18-9-6-12-22(18)28(24,25)19-11-10-14(2)27-19/h5,7-8,10-11,13,15,18H,4,6,9,12H2,1-3H3,(H,21,23). The maximum atomic E-state index is 13.0. The molecule has 1 saturated heterocycles. The summed E-state index contributed by atoms with van der Waals surface area (Å²) in [6.07, 6.45) is 1.21. The van der Waals surface area contributed by atoms with E-state index in [1.165, 1.54) is 15.6 Å². The molecule has 2 unspecified atom stereocenters. The maximum Gasteiger partial charge on any atom is 0.253 e. The van der Waals surface area contributed by atoms with E-state index in [4.69, 9.17) is 4.74 Å². The fourth-order valence-electron chi connectivity index (χ4n) is 3.39. The lowest BCUT2D eigenvalue weighted by Gasteiger charge is -2.24. The van der Waals surface area contributed by atoms with Crippen LogP contribution in [-0.2, 0) is 14.8 Å². The van der Waals surface area contributed by atoms with Gasteiger partial charge in [0.15, 0.2) is 0 Å². The highest BCUT2D eigenvalue weighted by atomic mass is 32.2. The summed E-state index contributed by atoms with van der Waals surface area (Å²) in [7, 11) is -3.66. The van der Waals surface area contributed by atoms with E-state index in [9.17, 15) is 13.2 Å². The molecule has 8 heteroatoms. The number of carbonyl (C=O) groups is 1. The molecule has 0 aliphatic carbocycles. The number of rotatable bonds is 7. The van der Waals surface area contributed by atoms with Gasteiger partial charge in [0, 0.05) is 11.4 Å². The Morgan fingerprint density at radius 2 is 2.14 bits per heavy atom. The Bertz CT molecular complexity index is 939. The van der Waals surface area contributed by atoms with Crippen molar-refractivity contribution in [2.45, 2.75) is 49.9 Å². The number of hydrogen-bond acceptors (Lipinski definition) is 5. The molecule has 28 heavy (non-hydrogen) atoms. The Kier molecular flexibility index (Phi) is 6.42. The third-order valence-corrected chi connectivity index (χ3v) is 8.19. The van der Waals surface area contributed by atoms with Crippen molar-refractivity contribution >= 4 is 27.3 Å². The van der Waals surface area contributed by atoms with Crippen molar-refractivity contribution < 1.29 is 17.9 Å². The number of aryl methyl sites for hydroxylation is 1. The van der Waals surface area contributed by atoms with E-state index in [0.717, 1.165) is 16.2 Å². The van der Waals surface area contributed by atoms with E-state index >= 15 is 0 Å². The zero-order valence-electron chi connectivity index (χ0n) is 16.3. The molecule has 1 N–H and O–H groups in total. The van der Waals surface area contributed by atoms with Gasteiger partial charge in [-0.3, -0.25) is 4.79 Å². The average Bonchev–Trinajstić information content (AvgIpc) is 3.32. The molecule has 3 rings (SSSR count). The van der Waals surface area contributed by atoms with Gasteiger partial charge in [0.25, 0.3) is 10.0 Å². The predicted molar refractivity (Wildman–Crippen MR) is 110 cm³/mol. The van der Waals surface area contributed by atoms with Crippen LogP contribution in [0.1, 0.15) is 43.2 Å². The van der Waals surface area contributed by atoms with Crippen LogP contribution >= 0.6 is 11.3 Å². The summed E-state index contributed by atoms with van der Waals surface area (Å²) in [6, 6.07) is 10.1. The van der Waals surface area contributed by atoms with E-state index < -0.39 is 16.1 Å². The molecule has 1 aromatic heterocycles. The molecule has 1 aliphatic heterocycles. The highest BCUT2D eigenvalue weighted by Gasteiger charge is 2.40. The van der Waals surface area contributed by atoms with E-state index in [1.54, 1.807) is 12.1 Å². The van der Waals surface area contributed by atoms with Gasteiger partial charge in [-0.2, -0.15) is 4.31 Å². The molecular weight excluding hydrogens is 396 g/mol. The van der Waals surface area contributed by atoms with Crippen LogP contribution in [0.15, 0.2) is 40.6 Å². The topological polar surface area (TPSA) is 75.7 Å². The molecule has 0 bridgehead atoms. The normalized spacial score (nSPS) is 18.8. The zero-order chi connectivity index (χ0) is 20.3. The highest BCUT2D eigenvalue weighted by Crippen LogP contribution is 2.30. The second kappa shape index (κ2) is 8.63. The Morgan fingerprint density at radius 1 is 1.36 bits per heavy atom. The third-order valence-electron chi connectivity index (χ3n) is 4.81. The van der Waals surface area contributed by atoms with Crippen molar-refractivity contribution in [3.8, 4) is 5.75 Å². The summed E-state index contributed by atoms with van der Waals surface area (Å²) in [6.45, 7) is 6.62. The van der Waals surface area contributed by atoms with Gasteiger partial charge in [-0.25, -0.2) is 8.42 Å². The molecular formula is C20H26N2O4S2. The minimum absolute atomic E-state index is 0.248. The largest absolute Gasteiger partial charge is 0.494 e. The van der Waals surface area contributed by atoms with Crippen LogP contribution in [0.4, 0.5) is 0 Å². The number of benzene rings is 1. The van der Waals surface area contributed by atoms with Crippen molar-refractivity contribution in [1.29, 1.82) is 0 Å². The lowest BCUT2D eigenvalue weighted by Crippen LogP contribution is -2.46. The van der Waals surface area contributed by atoms with Crippen LogP contribution in [0.2, 0.25) is 0 Å². The van der Waals surface area contributed by atoms with Gasteiger partial charge in [-0.1, -0.05) is 12.1 Å². The van der Waals surface area contributed by atoms with Crippen molar-refractivity contribution in [3.05, 3.63) is 46.8 Å². The van der Waals surface area contributed by atoms with Crippen LogP contribution in [-0.4, -0.2) is 37.8 Å². The van der Waals surface area contributed by atoms with Crippen molar-refractivity contribution in [3.63, 3.8) is 0 Å². The van der Waals surface area contributed by atoms with Crippen molar-refractivity contribution in [2.75, 3.05) is 13.2 Å². The van der Waals surface area contributed by atoms with Crippen molar-refractivity contribution in [1.82, 2.24) is 9.62 Å². The van der Waals surface area contributed by atoms with Crippen LogP contribution in [0, 0.1) is 6.92 Å². The molecule has 2 heterocycles. The number of carbonyl (C=O) groups excluding carboxylic acids is 1. The van der Waals surface area contributed by atoms with Gasteiger partial charge >= 0.3 is 0 Å². The Morgan fingerprint density at radius 3 is 2.82 bits per heavy atom. The van der Waals surface area contributed by atoms with Gasteiger partial charge in [0.2, 0.25) is 5.91 Å². The van der Waals surface area contributed by atoms with Gasteiger partial charge in [0.05, 0.1) is 12.6 Å². The summed E-state index contributed by atoms with van der Waals surface area (Å²) in [5, 5.41) is 2.97. The summed E-state index contributed by atoms with van der Waals surface area (Å²) in [5.41, 5.74) is 0.917. The van der Waals surface area contributed by atoms with Crippen LogP contribution in [0.5, 0.6) is 5.75 Å². The van der Waals surface area contributed by atoms with E-state index in [2.05, 4.69) is 5.32 Å². The minimum Gasteiger partial charge on any atom is -0.494 e. The molecule has 0 radical (unpaired) electrons. The molecule has 1 amide bonds. The fraction of sp³-hybridized carbons (Fsp3) is 0.450. The summed E-state index contributed by atoms with van der Waals surface area (Å²) >= 11 is 1.24. The molecule has 2 atom stereocenters. The van der Waals surface area contributed by atoms with Gasteiger partial charge < -0.3 is 10.1 Å². The van der Waals surface area contributed by atoms with Crippen molar-refractivity contribution in [2.24, 2.45) is 0 Å². The fourth-order valence-corrected chi connectivity index (χ4v) is 6.46. The highest BCUT2D eigenvalue weighted by molar-refractivity contribution is 7.91. The first-order valence-corrected chi connectivity index (χ1v) is 11.7. The third kappa shape index (κ3) is 4.39. The molecule has 6 nitrogen and oxygen atoms in total. The maximum absolute atomic E-state index is 13.0. The molecule has 1 fully saturated rings. The second-order valence-corrected chi connectivity index (χ2v) is 10.3. The predicted octanol–water partition coefficient (Wildman–Crippen LogP) is 3.49. The SMILES string of the molecule is CCOc1cccc(C(C)NC(=O)C2CCCN2S(=O)(=O)c2ccc(C)s2)c1. The first kappa shape index (κ1) is 20.8. The smallest absolute Gasteiger partial charge is 0.253 e. The molecule has 2 aromatic rings. The number of amides is 1. The first-order valence-electron chi connectivity index (χ1n) is 9.44. The molecule has 1 aromatic carbocycles. The zero-order valence-corrected chi connectivity index (χ0v) is 18.0. The minimum atomic E-state index is -3.66. The quantitative estimate of drug-likeness (QED) is 0.741. The Labute approximate surface area is 170 Å². The number of sulfonamides is 1. The van der Waals surface area contributed by atoms with E-state index in [1.807, 2.05) is 45.0 Å². The molecule has 1 aliphatic rings. The first-order chi connectivity index (χ1) is 13.3. The van der Waals surface area contributed by atoms with Gasteiger partial charge in [-0.05, 0) is 63.4 Å². The van der Waals surface area contributed by atoms with Gasteiger partial charge in [-0.15, -0.1) is 11.3 Å². The monoisotopic (exact) mass is 422 g/mol. The van der Waals surface area contributed by atoms with Crippen LogP contribution in [0.3, 0.4) is 0 Å². The summed E-state index contributed by atoms with van der Waals surface area (Å²) < 4.78 is 33.1. The number of nitrogens with zero attached hydrogens (tertiary/aromatic N) is 1. The summed E-state index contributed by atoms with van der Waals surface area (Å²) in [5.74, 6) is 0.489. The van der Waals surface area contributed by atoms with Crippen LogP contribution in [0.25, 0.3) is 0 Å². The van der Waals surface area contributed by atoms with E-state index in [-0.39, 0.29) is 11.9 Å². The van der Waals surface area contributed by atoms with Gasteiger partial charge in [0.1, 0.15) is 16.0 Å².